The van der Waals surface area contributed by atoms with Gasteiger partial charge in [0.25, 0.3) is 0 Å². The number of hydrogen-bond acceptors (Lipinski definition) is 2. The lowest BCUT2D eigenvalue weighted by molar-refractivity contribution is -0.130. The highest BCUT2D eigenvalue weighted by Gasteiger charge is 2.37. The molecule has 1 fully saturated rings. The zero-order chi connectivity index (χ0) is 14.0. The molecule has 1 heterocycles. The molecule has 2 rings (SSSR count). The minimum atomic E-state index is -0.0863. The van der Waals surface area contributed by atoms with Crippen LogP contribution in [-0.4, -0.2) is 23.4 Å². The Bertz CT molecular complexity index is 456. The van der Waals surface area contributed by atoms with Crippen molar-refractivity contribution in [2.75, 3.05) is 6.54 Å². The molecule has 1 aliphatic rings. The van der Waals surface area contributed by atoms with Gasteiger partial charge in [-0.3, -0.25) is 10.1 Å². The number of amides is 1. The van der Waals surface area contributed by atoms with Gasteiger partial charge in [0.05, 0.1) is 6.04 Å². The SMILES string of the molecule is Cc1ccccc1C1NC(C)C(=O)N1CCC(C)C. The van der Waals surface area contributed by atoms with E-state index in [0.717, 1.165) is 13.0 Å². The number of aryl methyl sites for hydroxylation is 1. The van der Waals surface area contributed by atoms with E-state index in [1.54, 1.807) is 0 Å². The molecule has 0 spiro atoms. The number of carbonyl (C=O) groups is 1. The third-order valence-corrected chi connectivity index (χ3v) is 3.80. The monoisotopic (exact) mass is 260 g/mol. The van der Waals surface area contributed by atoms with Crippen LogP contribution in [0.2, 0.25) is 0 Å². The van der Waals surface area contributed by atoms with E-state index in [1.807, 2.05) is 24.0 Å². The van der Waals surface area contributed by atoms with Gasteiger partial charge in [-0.15, -0.1) is 0 Å². The average molecular weight is 260 g/mol. The molecule has 1 aliphatic heterocycles. The van der Waals surface area contributed by atoms with Gasteiger partial charge in [0.2, 0.25) is 5.91 Å². The van der Waals surface area contributed by atoms with E-state index in [0.29, 0.717) is 5.92 Å². The molecule has 1 aromatic rings. The van der Waals surface area contributed by atoms with Crippen LogP contribution in [0.15, 0.2) is 24.3 Å². The molecule has 1 saturated heterocycles. The minimum Gasteiger partial charge on any atom is -0.322 e. The molecule has 0 bridgehead atoms. The summed E-state index contributed by atoms with van der Waals surface area (Å²) in [6.45, 7) is 9.27. The molecule has 0 aliphatic carbocycles. The van der Waals surface area contributed by atoms with E-state index in [1.165, 1.54) is 11.1 Å². The van der Waals surface area contributed by atoms with Gasteiger partial charge < -0.3 is 4.90 Å². The number of nitrogens with one attached hydrogen (secondary N) is 1. The topological polar surface area (TPSA) is 32.3 Å². The van der Waals surface area contributed by atoms with E-state index in [-0.39, 0.29) is 18.1 Å². The summed E-state index contributed by atoms with van der Waals surface area (Å²) in [4.78, 5) is 14.3. The van der Waals surface area contributed by atoms with Crippen molar-refractivity contribution in [2.45, 2.75) is 46.3 Å². The van der Waals surface area contributed by atoms with Gasteiger partial charge in [0.1, 0.15) is 6.17 Å². The van der Waals surface area contributed by atoms with Crippen molar-refractivity contribution in [3.63, 3.8) is 0 Å². The molecule has 0 aromatic heterocycles. The maximum absolute atomic E-state index is 12.3. The number of hydrogen-bond donors (Lipinski definition) is 1. The molecular weight excluding hydrogens is 236 g/mol. The Kier molecular flexibility index (Phi) is 4.25. The minimum absolute atomic E-state index is 0.0300. The Hall–Kier alpha value is -1.35. The van der Waals surface area contributed by atoms with Gasteiger partial charge in [0, 0.05) is 6.54 Å². The summed E-state index contributed by atoms with van der Waals surface area (Å²) in [6, 6.07) is 8.21. The zero-order valence-corrected chi connectivity index (χ0v) is 12.3. The van der Waals surface area contributed by atoms with E-state index in [4.69, 9.17) is 0 Å². The largest absolute Gasteiger partial charge is 0.322 e. The second-order valence-electron chi connectivity index (χ2n) is 5.86. The second-order valence-corrected chi connectivity index (χ2v) is 5.86. The number of benzene rings is 1. The Balaban J connectivity index is 2.22. The highest BCUT2D eigenvalue weighted by atomic mass is 16.2. The second kappa shape index (κ2) is 5.74. The molecule has 1 aromatic carbocycles. The van der Waals surface area contributed by atoms with Gasteiger partial charge in [-0.1, -0.05) is 38.1 Å². The molecule has 2 unspecified atom stereocenters. The molecule has 0 saturated carbocycles. The fourth-order valence-corrected chi connectivity index (χ4v) is 2.56. The van der Waals surface area contributed by atoms with Crippen molar-refractivity contribution < 1.29 is 4.79 Å². The molecule has 1 amide bonds. The highest BCUT2D eigenvalue weighted by Crippen LogP contribution is 2.28. The van der Waals surface area contributed by atoms with Crippen LogP contribution in [0.1, 0.15) is 44.5 Å². The summed E-state index contributed by atoms with van der Waals surface area (Å²) < 4.78 is 0. The van der Waals surface area contributed by atoms with Gasteiger partial charge in [-0.05, 0) is 37.3 Å². The highest BCUT2D eigenvalue weighted by molar-refractivity contribution is 5.84. The third kappa shape index (κ3) is 2.98. The zero-order valence-electron chi connectivity index (χ0n) is 12.3. The smallest absolute Gasteiger partial charge is 0.241 e. The summed E-state index contributed by atoms with van der Waals surface area (Å²) in [5, 5.41) is 3.41. The van der Waals surface area contributed by atoms with Crippen LogP contribution in [-0.2, 0) is 4.79 Å². The van der Waals surface area contributed by atoms with Crippen LogP contribution in [0.3, 0.4) is 0 Å². The predicted octanol–water partition coefficient (Wildman–Crippen LogP) is 2.86. The van der Waals surface area contributed by atoms with Crippen molar-refractivity contribution in [3.05, 3.63) is 35.4 Å². The molecule has 3 heteroatoms. The van der Waals surface area contributed by atoms with Crippen LogP contribution in [0, 0.1) is 12.8 Å². The van der Waals surface area contributed by atoms with Crippen LogP contribution in [0.25, 0.3) is 0 Å². The first kappa shape index (κ1) is 14.1. The lowest BCUT2D eigenvalue weighted by Crippen LogP contribution is -2.32. The fraction of sp³-hybridized carbons (Fsp3) is 0.562. The molecular formula is C16H24N2O. The van der Waals surface area contributed by atoms with Crippen molar-refractivity contribution in [1.82, 2.24) is 10.2 Å². The van der Waals surface area contributed by atoms with Crippen molar-refractivity contribution in [2.24, 2.45) is 5.92 Å². The fourth-order valence-electron chi connectivity index (χ4n) is 2.56. The quantitative estimate of drug-likeness (QED) is 0.903. The first-order valence-corrected chi connectivity index (χ1v) is 7.12. The lowest BCUT2D eigenvalue weighted by Gasteiger charge is -2.26. The first-order valence-electron chi connectivity index (χ1n) is 7.12. The van der Waals surface area contributed by atoms with Crippen LogP contribution < -0.4 is 5.32 Å². The van der Waals surface area contributed by atoms with Crippen LogP contribution >= 0.6 is 0 Å². The summed E-state index contributed by atoms with van der Waals surface area (Å²) in [6.07, 6.45) is 1.07. The molecule has 104 valence electrons. The van der Waals surface area contributed by atoms with Crippen LogP contribution in [0.4, 0.5) is 0 Å². The standard InChI is InChI=1S/C16H24N2O/c1-11(2)9-10-18-15(17-13(4)16(18)19)14-8-6-5-7-12(14)3/h5-8,11,13,15,17H,9-10H2,1-4H3. The first-order chi connectivity index (χ1) is 9.00. The van der Waals surface area contributed by atoms with E-state index < -0.39 is 0 Å². The normalized spacial score (nSPS) is 23.4. The van der Waals surface area contributed by atoms with Crippen molar-refractivity contribution in [3.8, 4) is 0 Å². The van der Waals surface area contributed by atoms with Crippen molar-refractivity contribution in [1.29, 1.82) is 0 Å². The Labute approximate surface area is 116 Å². The maximum Gasteiger partial charge on any atom is 0.241 e. The summed E-state index contributed by atoms with van der Waals surface area (Å²) in [5.41, 5.74) is 2.44. The number of rotatable bonds is 4. The van der Waals surface area contributed by atoms with Gasteiger partial charge in [0.15, 0.2) is 0 Å². The summed E-state index contributed by atoms with van der Waals surface area (Å²) >= 11 is 0. The van der Waals surface area contributed by atoms with Gasteiger partial charge >= 0.3 is 0 Å². The van der Waals surface area contributed by atoms with E-state index in [2.05, 4.69) is 38.2 Å². The lowest BCUT2D eigenvalue weighted by atomic mass is 10.1. The van der Waals surface area contributed by atoms with Crippen molar-refractivity contribution >= 4 is 5.91 Å². The maximum atomic E-state index is 12.3. The summed E-state index contributed by atoms with van der Waals surface area (Å²) in [5.74, 6) is 0.829. The molecule has 2 atom stereocenters. The molecule has 3 nitrogen and oxygen atoms in total. The van der Waals surface area contributed by atoms with E-state index >= 15 is 0 Å². The molecule has 1 N–H and O–H groups in total. The Morgan fingerprint density at radius 3 is 2.63 bits per heavy atom. The number of nitrogens with zero attached hydrogens (tertiary/aromatic N) is 1. The average Bonchev–Trinajstić information content (AvgIpc) is 2.64. The predicted molar refractivity (Wildman–Crippen MR) is 77.7 cm³/mol. The Morgan fingerprint density at radius 1 is 1.32 bits per heavy atom. The molecule has 19 heavy (non-hydrogen) atoms. The number of carbonyl (C=O) groups excluding carboxylic acids is 1. The Morgan fingerprint density at radius 2 is 2.00 bits per heavy atom. The van der Waals surface area contributed by atoms with Crippen LogP contribution in [0.5, 0.6) is 0 Å². The summed E-state index contributed by atoms with van der Waals surface area (Å²) in [7, 11) is 0. The van der Waals surface area contributed by atoms with Gasteiger partial charge in [-0.25, -0.2) is 0 Å². The third-order valence-electron chi connectivity index (χ3n) is 3.80. The molecule has 0 radical (unpaired) electrons. The van der Waals surface area contributed by atoms with Gasteiger partial charge in [-0.2, -0.15) is 0 Å². The van der Waals surface area contributed by atoms with E-state index in [9.17, 15) is 4.79 Å².